The molecular weight excluding hydrogens is 400 g/mol. The first-order chi connectivity index (χ1) is 15.4. The monoisotopic (exact) mass is 434 g/mol. The summed E-state index contributed by atoms with van der Waals surface area (Å²) in [4.78, 5) is 12.6. The summed E-state index contributed by atoms with van der Waals surface area (Å²) in [5.41, 5.74) is 5.17. The standard InChI is InChI=1S/C28H34O4/c1-20(2)8-7-9-21(3)10-11-23-18-24(28(32-6)19-27(23)31-5)14-17-26(29)22-12-15-25(30-4)16-13-22/h8,10,12-19H,7,9,11H2,1-6H3/b17-14?,21-10+. The Labute approximate surface area is 192 Å². The SMILES string of the molecule is COc1ccc(C(=O)C=Cc2cc(C/C=C(\C)CCC=C(C)C)c(OC)cc2OC)cc1. The van der Waals surface area contributed by atoms with E-state index in [4.69, 9.17) is 14.2 Å². The van der Waals surface area contributed by atoms with Crippen LogP contribution < -0.4 is 14.2 Å². The number of hydrogen-bond donors (Lipinski definition) is 0. The Balaban J connectivity index is 2.23. The normalized spacial score (nSPS) is 11.4. The number of methoxy groups -OCH3 is 3. The van der Waals surface area contributed by atoms with Crippen LogP contribution in [0.25, 0.3) is 6.08 Å². The molecule has 2 rings (SSSR count). The van der Waals surface area contributed by atoms with E-state index in [1.807, 2.05) is 12.1 Å². The number of rotatable bonds is 11. The van der Waals surface area contributed by atoms with Crippen molar-refractivity contribution in [2.45, 2.75) is 40.0 Å². The van der Waals surface area contributed by atoms with Gasteiger partial charge < -0.3 is 14.2 Å². The van der Waals surface area contributed by atoms with Crippen LogP contribution in [0.15, 0.2) is 65.8 Å². The predicted molar refractivity (Wildman–Crippen MR) is 132 cm³/mol. The second-order valence-electron chi connectivity index (χ2n) is 7.91. The highest BCUT2D eigenvalue weighted by Gasteiger charge is 2.10. The molecule has 4 heteroatoms. The first kappa shape index (κ1) is 25.0. The summed E-state index contributed by atoms with van der Waals surface area (Å²) in [6.07, 6.45) is 10.7. The molecule has 2 aromatic carbocycles. The predicted octanol–water partition coefficient (Wildman–Crippen LogP) is 6.84. The van der Waals surface area contributed by atoms with Gasteiger partial charge in [0.1, 0.15) is 17.2 Å². The Morgan fingerprint density at radius 3 is 2.16 bits per heavy atom. The van der Waals surface area contributed by atoms with E-state index in [0.717, 1.165) is 41.9 Å². The highest BCUT2D eigenvalue weighted by Crippen LogP contribution is 2.31. The minimum absolute atomic E-state index is 0.0814. The van der Waals surface area contributed by atoms with Crippen LogP contribution in [-0.2, 0) is 6.42 Å². The van der Waals surface area contributed by atoms with E-state index < -0.39 is 0 Å². The largest absolute Gasteiger partial charge is 0.497 e. The third-order valence-corrected chi connectivity index (χ3v) is 5.18. The van der Waals surface area contributed by atoms with Crippen LogP contribution in [0.4, 0.5) is 0 Å². The lowest BCUT2D eigenvalue weighted by Gasteiger charge is -2.13. The maximum atomic E-state index is 12.6. The van der Waals surface area contributed by atoms with Crippen molar-refractivity contribution in [3.63, 3.8) is 0 Å². The average Bonchev–Trinajstić information content (AvgIpc) is 2.80. The zero-order valence-electron chi connectivity index (χ0n) is 20.0. The van der Waals surface area contributed by atoms with Crippen molar-refractivity contribution in [2.75, 3.05) is 21.3 Å². The van der Waals surface area contributed by atoms with Crippen LogP contribution in [0, 0.1) is 0 Å². The summed E-state index contributed by atoms with van der Waals surface area (Å²) in [7, 11) is 4.88. The molecule has 0 amide bonds. The van der Waals surface area contributed by atoms with E-state index in [0.29, 0.717) is 11.3 Å². The zero-order chi connectivity index (χ0) is 23.5. The molecule has 0 heterocycles. The van der Waals surface area contributed by atoms with E-state index in [1.165, 1.54) is 11.1 Å². The summed E-state index contributed by atoms with van der Waals surface area (Å²) in [6, 6.07) is 11.0. The van der Waals surface area contributed by atoms with Gasteiger partial charge in [0.05, 0.1) is 21.3 Å². The number of carbonyl (C=O) groups excluding carboxylic acids is 1. The highest BCUT2D eigenvalue weighted by atomic mass is 16.5. The van der Waals surface area contributed by atoms with Gasteiger partial charge in [-0.15, -0.1) is 0 Å². The number of allylic oxidation sites excluding steroid dienone is 5. The van der Waals surface area contributed by atoms with Gasteiger partial charge in [-0.25, -0.2) is 0 Å². The second-order valence-corrected chi connectivity index (χ2v) is 7.91. The molecule has 0 aliphatic rings. The van der Waals surface area contributed by atoms with Gasteiger partial charge in [0.15, 0.2) is 5.78 Å². The van der Waals surface area contributed by atoms with Crippen LogP contribution in [0.5, 0.6) is 17.2 Å². The lowest BCUT2D eigenvalue weighted by Crippen LogP contribution is -1.97. The Morgan fingerprint density at radius 2 is 1.56 bits per heavy atom. The molecule has 0 N–H and O–H groups in total. The van der Waals surface area contributed by atoms with E-state index in [-0.39, 0.29) is 5.78 Å². The van der Waals surface area contributed by atoms with Crippen LogP contribution >= 0.6 is 0 Å². The molecule has 0 radical (unpaired) electrons. The van der Waals surface area contributed by atoms with Gasteiger partial charge in [0, 0.05) is 17.2 Å². The summed E-state index contributed by atoms with van der Waals surface area (Å²) in [5, 5.41) is 0. The van der Waals surface area contributed by atoms with E-state index in [1.54, 1.807) is 57.7 Å². The molecule has 32 heavy (non-hydrogen) atoms. The van der Waals surface area contributed by atoms with Gasteiger partial charge in [-0.2, -0.15) is 0 Å². The zero-order valence-corrected chi connectivity index (χ0v) is 20.0. The van der Waals surface area contributed by atoms with Crippen molar-refractivity contribution in [2.24, 2.45) is 0 Å². The van der Waals surface area contributed by atoms with Gasteiger partial charge in [0.25, 0.3) is 0 Å². The Hall–Kier alpha value is -3.27. The molecule has 0 bridgehead atoms. The fourth-order valence-electron chi connectivity index (χ4n) is 3.27. The first-order valence-corrected chi connectivity index (χ1v) is 10.8. The van der Waals surface area contributed by atoms with Gasteiger partial charge in [-0.1, -0.05) is 23.3 Å². The van der Waals surface area contributed by atoms with Gasteiger partial charge in [-0.3, -0.25) is 4.79 Å². The van der Waals surface area contributed by atoms with Gasteiger partial charge in [-0.05, 0) is 88.1 Å². The fraction of sp³-hybridized carbons (Fsp3) is 0.321. The van der Waals surface area contributed by atoms with Crippen molar-refractivity contribution < 1.29 is 19.0 Å². The summed E-state index contributed by atoms with van der Waals surface area (Å²) < 4.78 is 16.3. The minimum Gasteiger partial charge on any atom is -0.497 e. The smallest absolute Gasteiger partial charge is 0.185 e. The molecule has 0 aromatic heterocycles. The average molecular weight is 435 g/mol. The number of benzene rings is 2. The molecule has 0 aliphatic heterocycles. The van der Waals surface area contributed by atoms with Crippen molar-refractivity contribution in [3.8, 4) is 17.2 Å². The molecule has 0 atom stereocenters. The van der Waals surface area contributed by atoms with Crippen molar-refractivity contribution in [1.82, 2.24) is 0 Å². The number of ether oxygens (including phenoxy) is 3. The van der Waals surface area contributed by atoms with Gasteiger partial charge >= 0.3 is 0 Å². The van der Waals surface area contributed by atoms with Crippen molar-refractivity contribution in [1.29, 1.82) is 0 Å². The maximum Gasteiger partial charge on any atom is 0.185 e. The Morgan fingerprint density at radius 1 is 0.875 bits per heavy atom. The molecule has 0 saturated carbocycles. The quantitative estimate of drug-likeness (QED) is 0.220. The minimum atomic E-state index is -0.0814. The molecule has 2 aromatic rings. The third kappa shape index (κ3) is 7.45. The molecule has 0 fully saturated rings. The molecule has 170 valence electrons. The number of carbonyl (C=O) groups is 1. The lowest BCUT2D eigenvalue weighted by molar-refractivity contribution is 0.104. The molecule has 0 aliphatic carbocycles. The third-order valence-electron chi connectivity index (χ3n) is 5.18. The van der Waals surface area contributed by atoms with Gasteiger partial charge in [0.2, 0.25) is 0 Å². The second kappa shape index (κ2) is 12.6. The van der Waals surface area contributed by atoms with E-state index in [2.05, 4.69) is 32.9 Å². The Bertz CT molecular complexity index is 991. The van der Waals surface area contributed by atoms with Crippen LogP contribution in [0.2, 0.25) is 0 Å². The van der Waals surface area contributed by atoms with E-state index in [9.17, 15) is 4.79 Å². The number of ketones is 1. The molecule has 0 saturated heterocycles. The van der Waals surface area contributed by atoms with Crippen LogP contribution in [0.1, 0.15) is 55.1 Å². The van der Waals surface area contributed by atoms with E-state index >= 15 is 0 Å². The molecule has 0 unspecified atom stereocenters. The maximum absolute atomic E-state index is 12.6. The van der Waals surface area contributed by atoms with Crippen molar-refractivity contribution >= 4 is 11.9 Å². The summed E-state index contributed by atoms with van der Waals surface area (Å²) >= 11 is 0. The van der Waals surface area contributed by atoms with Crippen molar-refractivity contribution in [3.05, 3.63) is 82.5 Å². The molecule has 4 nitrogen and oxygen atoms in total. The first-order valence-electron chi connectivity index (χ1n) is 10.8. The van der Waals surface area contributed by atoms with Crippen LogP contribution in [0.3, 0.4) is 0 Å². The highest BCUT2D eigenvalue weighted by molar-refractivity contribution is 6.07. The lowest BCUT2D eigenvalue weighted by atomic mass is 10.0. The number of hydrogen-bond acceptors (Lipinski definition) is 4. The summed E-state index contributed by atoms with van der Waals surface area (Å²) in [6.45, 7) is 6.40. The molecular formula is C28H34O4. The molecule has 0 spiro atoms. The topological polar surface area (TPSA) is 44.8 Å². The summed E-state index contributed by atoms with van der Waals surface area (Å²) in [5.74, 6) is 2.07. The fourth-order valence-corrected chi connectivity index (χ4v) is 3.27. The van der Waals surface area contributed by atoms with Crippen LogP contribution in [-0.4, -0.2) is 27.1 Å². The Kier molecular flexibility index (Phi) is 9.80.